The summed E-state index contributed by atoms with van der Waals surface area (Å²) in [6.07, 6.45) is 0.890. The van der Waals surface area contributed by atoms with E-state index in [4.69, 9.17) is 0 Å². The van der Waals surface area contributed by atoms with E-state index >= 15 is 0 Å². The maximum absolute atomic E-state index is 13.5. The van der Waals surface area contributed by atoms with Crippen molar-refractivity contribution in [3.05, 3.63) is 35.1 Å². The highest BCUT2D eigenvalue weighted by atomic mass is 19.1. The summed E-state index contributed by atoms with van der Waals surface area (Å²) in [7, 11) is 0. The summed E-state index contributed by atoms with van der Waals surface area (Å²) in [5, 5.41) is 0. The number of halogens is 1. The van der Waals surface area contributed by atoms with E-state index in [-0.39, 0.29) is 11.2 Å². The molecule has 0 saturated carbocycles. The first-order valence-electron chi connectivity index (χ1n) is 5.74. The average molecular weight is 210 g/mol. The first-order valence-corrected chi connectivity index (χ1v) is 5.74. The third kappa shape index (κ3) is 4.03. The third-order valence-corrected chi connectivity index (χ3v) is 2.25. The molecule has 0 heterocycles. The Bertz CT molecular complexity index is 295. The van der Waals surface area contributed by atoms with Crippen LogP contribution in [0.1, 0.15) is 52.7 Å². The lowest BCUT2D eigenvalue weighted by Crippen LogP contribution is -2.13. The van der Waals surface area contributed by atoms with Crippen LogP contribution in [-0.4, -0.2) is 0 Å². The number of hydrogen-bond acceptors (Lipinski definition) is 0. The SMILES string of the molecule is CC.CCc1ccc(C(C)(C)C)c(F)c1. The molecule has 0 bridgehead atoms. The molecule has 1 aromatic rings. The van der Waals surface area contributed by atoms with Crippen molar-refractivity contribution >= 4 is 0 Å². The molecule has 0 atom stereocenters. The Morgan fingerprint density at radius 2 is 1.67 bits per heavy atom. The molecule has 0 N–H and O–H groups in total. The van der Waals surface area contributed by atoms with Crippen LogP contribution in [0.3, 0.4) is 0 Å². The lowest BCUT2D eigenvalue weighted by molar-refractivity contribution is 0.522. The van der Waals surface area contributed by atoms with Crippen molar-refractivity contribution in [3.8, 4) is 0 Å². The highest BCUT2D eigenvalue weighted by molar-refractivity contribution is 5.29. The summed E-state index contributed by atoms with van der Waals surface area (Å²) < 4.78 is 13.5. The topological polar surface area (TPSA) is 0 Å². The van der Waals surface area contributed by atoms with Crippen molar-refractivity contribution in [2.75, 3.05) is 0 Å². The Morgan fingerprint density at radius 3 is 2.00 bits per heavy atom. The molecule has 15 heavy (non-hydrogen) atoms. The zero-order chi connectivity index (χ0) is 12.1. The van der Waals surface area contributed by atoms with Crippen molar-refractivity contribution in [1.29, 1.82) is 0 Å². The summed E-state index contributed by atoms with van der Waals surface area (Å²) in [6, 6.07) is 5.54. The third-order valence-electron chi connectivity index (χ3n) is 2.25. The minimum Gasteiger partial charge on any atom is -0.207 e. The number of aryl methyl sites for hydroxylation is 1. The van der Waals surface area contributed by atoms with E-state index in [1.165, 1.54) is 0 Å². The molecule has 0 radical (unpaired) electrons. The van der Waals surface area contributed by atoms with Gasteiger partial charge in [0.25, 0.3) is 0 Å². The van der Waals surface area contributed by atoms with E-state index in [1.807, 2.05) is 53.7 Å². The van der Waals surface area contributed by atoms with Gasteiger partial charge in [0.05, 0.1) is 0 Å². The fourth-order valence-electron chi connectivity index (χ4n) is 1.39. The molecule has 0 aliphatic carbocycles. The van der Waals surface area contributed by atoms with Crippen LogP contribution < -0.4 is 0 Å². The molecule has 0 amide bonds. The fourth-order valence-corrected chi connectivity index (χ4v) is 1.39. The molecule has 0 unspecified atom stereocenters. The Kier molecular flexibility index (Phi) is 5.56. The van der Waals surface area contributed by atoms with Gasteiger partial charge in [-0.2, -0.15) is 0 Å². The number of hydrogen-bond donors (Lipinski definition) is 0. The minimum atomic E-state index is -0.101. The number of benzene rings is 1. The Labute approximate surface area is 93.5 Å². The molecule has 0 aliphatic rings. The van der Waals surface area contributed by atoms with Crippen LogP contribution in [0.5, 0.6) is 0 Å². The van der Waals surface area contributed by atoms with Crippen molar-refractivity contribution in [1.82, 2.24) is 0 Å². The van der Waals surface area contributed by atoms with Crippen LogP contribution in [0, 0.1) is 5.82 Å². The summed E-state index contributed by atoms with van der Waals surface area (Å²) in [5.74, 6) is -0.0770. The fraction of sp³-hybridized carbons (Fsp3) is 0.571. The molecular weight excluding hydrogens is 187 g/mol. The lowest BCUT2D eigenvalue weighted by atomic mass is 9.86. The smallest absolute Gasteiger partial charge is 0.127 e. The minimum absolute atomic E-state index is 0.0770. The Morgan fingerprint density at radius 1 is 1.13 bits per heavy atom. The Hall–Kier alpha value is -0.850. The molecule has 0 aliphatic heterocycles. The van der Waals surface area contributed by atoms with Crippen molar-refractivity contribution in [2.24, 2.45) is 0 Å². The van der Waals surface area contributed by atoms with Gasteiger partial charge in [-0.1, -0.05) is 53.7 Å². The van der Waals surface area contributed by atoms with Gasteiger partial charge in [0.2, 0.25) is 0 Å². The van der Waals surface area contributed by atoms with E-state index in [0.29, 0.717) is 0 Å². The highest BCUT2D eigenvalue weighted by Crippen LogP contribution is 2.25. The first kappa shape index (κ1) is 14.2. The second-order valence-corrected chi connectivity index (χ2v) is 4.42. The van der Waals surface area contributed by atoms with Gasteiger partial charge >= 0.3 is 0 Å². The van der Waals surface area contributed by atoms with Gasteiger partial charge in [-0.25, -0.2) is 4.39 Å². The van der Waals surface area contributed by atoms with Crippen LogP contribution in [0.2, 0.25) is 0 Å². The van der Waals surface area contributed by atoms with Crippen molar-refractivity contribution in [2.45, 2.75) is 53.4 Å². The van der Waals surface area contributed by atoms with Crippen LogP contribution in [0.15, 0.2) is 18.2 Å². The molecule has 86 valence electrons. The quantitative estimate of drug-likeness (QED) is 0.629. The molecule has 0 spiro atoms. The first-order chi connectivity index (χ1) is 6.95. The van der Waals surface area contributed by atoms with Gasteiger partial charge < -0.3 is 0 Å². The summed E-state index contributed by atoms with van der Waals surface area (Å²) in [5.41, 5.74) is 1.76. The van der Waals surface area contributed by atoms with Crippen LogP contribution in [0.25, 0.3) is 0 Å². The van der Waals surface area contributed by atoms with Gasteiger partial charge in [-0.15, -0.1) is 0 Å². The normalized spacial score (nSPS) is 10.6. The second kappa shape index (κ2) is 5.89. The van der Waals surface area contributed by atoms with Gasteiger partial charge in [-0.05, 0) is 29.0 Å². The largest absolute Gasteiger partial charge is 0.207 e. The van der Waals surface area contributed by atoms with E-state index < -0.39 is 0 Å². The van der Waals surface area contributed by atoms with E-state index in [0.717, 1.165) is 17.5 Å². The van der Waals surface area contributed by atoms with Crippen molar-refractivity contribution < 1.29 is 4.39 Å². The average Bonchev–Trinajstić information content (AvgIpc) is 2.18. The van der Waals surface area contributed by atoms with E-state index in [9.17, 15) is 4.39 Å². The molecule has 0 nitrogen and oxygen atoms in total. The maximum atomic E-state index is 13.5. The highest BCUT2D eigenvalue weighted by Gasteiger charge is 2.17. The molecular formula is C14H23F. The van der Waals surface area contributed by atoms with Crippen LogP contribution in [-0.2, 0) is 11.8 Å². The molecule has 0 fully saturated rings. The molecule has 0 saturated heterocycles. The molecule has 1 rings (SSSR count). The van der Waals surface area contributed by atoms with Crippen molar-refractivity contribution in [3.63, 3.8) is 0 Å². The predicted octanol–water partition coefficient (Wildman–Crippen LogP) is 4.71. The lowest BCUT2D eigenvalue weighted by Gasteiger charge is -2.20. The van der Waals surface area contributed by atoms with Gasteiger partial charge in [-0.3, -0.25) is 0 Å². The molecule has 1 aromatic carbocycles. The molecule has 1 heteroatoms. The molecule has 0 aromatic heterocycles. The zero-order valence-corrected chi connectivity index (χ0v) is 10.8. The Balaban J connectivity index is 0.000000921. The number of rotatable bonds is 1. The second-order valence-electron chi connectivity index (χ2n) is 4.42. The van der Waals surface area contributed by atoms with E-state index in [1.54, 1.807) is 6.07 Å². The van der Waals surface area contributed by atoms with Gasteiger partial charge in [0, 0.05) is 0 Å². The zero-order valence-electron chi connectivity index (χ0n) is 10.8. The van der Waals surface area contributed by atoms with E-state index in [2.05, 4.69) is 0 Å². The standard InChI is InChI=1S/C12H17F.C2H6/c1-5-9-6-7-10(11(13)8-9)12(2,3)4;1-2/h6-8H,5H2,1-4H3;1-2H3. The van der Waals surface area contributed by atoms with Gasteiger partial charge in [0.1, 0.15) is 5.82 Å². The maximum Gasteiger partial charge on any atom is 0.127 e. The summed E-state index contributed by atoms with van der Waals surface area (Å²) in [6.45, 7) is 12.1. The summed E-state index contributed by atoms with van der Waals surface area (Å²) in [4.78, 5) is 0. The monoisotopic (exact) mass is 210 g/mol. The van der Waals surface area contributed by atoms with Crippen LogP contribution >= 0.6 is 0 Å². The summed E-state index contributed by atoms with van der Waals surface area (Å²) >= 11 is 0. The predicted molar refractivity (Wildman–Crippen MR) is 65.8 cm³/mol. The van der Waals surface area contributed by atoms with Gasteiger partial charge in [0.15, 0.2) is 0 Å². The van der Waals surface area contributed by atoms with Crippen LogP contribution in [0.4, 0.5) is 4.39 Å².